The van der Waals surface area contributed by atoms with E-state index in [-0.39, 0.29) is 0 Å². The Morgan fingerprint density at radius 1 is 1.25 bits per heavy atom. The maximum absolute atomic E-state index is 5.84. The summed E-state index contributed by atoms with van der Waals surface area (Å²) in [4.78, 5) is 0. The average Bonchev–Trinajstić information content (AvgIpc) is 2.29. The van der Waals surface area contributed by atoms with Crippen molar-refractivity contribution in [2.24, 2.45) is 0 Å². The van der Waals surface area contributed by atoms with Crippen molar-refractivity contribution in [3.05, 3.63) is 34.9 Å². The highest BCUT2D eigenvalue weighted by Crippen LogP contribution is 2.15. The number of halogens is 1. The monoisotopic (exact) mass is 241 g/mol. The lowest BCUT2D eigenvalue weighted by Gasteiger charge is -2.14. The van der Waals surface area contributed by atoms with Crippen molar-refractivity contribution in [2.45, 2.75) is 26.3 Å². The molecule has 0 aliphatic rings. The molecule has 2 nitrogen and oxygen atoms in total. The Morgan fingerprint density at radius 2 is 1.94 bits per heavy atom. The van der Waals surface area contributed by atoms with E-state index in [2.05, 4.69) is 19.2 Å². The van der Waals surface area contributed by atoms with E-state index in [1.54, 1.807) is 0 Å². The van der Waals surface area contributed by atoms with Gasteiger partial charge in [0.25, 0.3) is 0 Å². The predicted octanol–water partition coefficient (Wildman–Crippen LogP) is 3.42. The van der Waals surface area contributed by atoms with Crippen molar-refractivity contribution in [1.82, 2.24) is 5.32 Å². The summed E-state index contributed by atoms with van der Waals surface area (Å²) in [5.41, 5.74) is 1.25. The van der Waals surface area contributed by atoms with Gasteiger partial charge in [-0.1, -0.05) is 30.7 Å². The molecule has 0 fully saturated rings. The Kier molecular flexibility index (Phi) is 6.46. The van der Waals surface area contributed by atoms with Crippen molar-refractivity contribution >= 4 is 11.6 Å². The van der Waals surface area contributed by atoms with Crippen LogP contribution >= 0.6 is 11.6 Å². The van der Waals surface area contributed by atoms with Crippen LogP contribution in [-0.2, 0) is 4.74 Å². The molecule has 0 radical (unpaired) electrons. The molecule has 1 rings (SSSR count). The molecule has 1 unspecified atom stereocenters. The van der Waals surface area contributed by atoms with Crippen molar-refractivity contribution in [3.8, 4) is 0 Å². The van der Waals surface area contributed by atoms with Gasteiger partial charge in [0.2, 0.25) is 0 Å². The summed E-state index contributed by atoms with van der Waals surface area (Å²) in [5, 5.41) is 4.19. The molecular formula is C13H20ClNO. The van der Waals surface area contributed by atoms with Crippen LogP contribution in [0.25, 0.3) is 0 Å². The molecule has 0 aliphatic carbocycles. The fourth-order valence-corrected chi connectivity index (χ4v) is 1.59. The molecule has 16 heavy (non-hydrogen) atoms. The van der Waals surface area contributed by atoms with Crippen molar-refractivity contribution in [1.29, 1.82) is 0 Å². The highest BCUT2D eigenvalue weighted by atomic mass is 35.5. The highest BCUT2D eigenvalue weighted by Gasteiger charge is 2.03. The molecule has 0 bridgehead atoms. The summed E-state index contributed by atoms with van der Waals surface area (Å²) < 4.78 is 5.40. The minimum absolute atomic E-state index is 0.336. The Morgan fingerprint density at radius 3 is 2.56 bits per heavy atom. The summed E-state index contributed by atoms with van der Waals surface area (Å²) in [7, 11) is 0. The van der Waals surface area contributed by atoms with Crippen LogP contribution in [0.4, 0.5) is 0 Å². The normalized spacial score (nSPS) is 12.7. The van der Waals surface area contributed by atoms with E-state index in [9.17, 15) is 0 Å². The van der Waals surface area contributed by atoms with Crippen molar-refractivity contribution < 1.29 is 4.74 Å². The Balaban J connectivity index is 2.24. The van der Waals surface area contributed by atoms with Crippen LogP contribution in [0.15, 0.2) is 24.3 Å². The van der Waals surface area contributed by atoms with Gasteiger partial charge in [-0.3, -0.25) is 0 Å². The minimum Gasteiger partial charge on any atom is -0.380 e. The average molecular weight is 242 g/mol. The second-order valence-corrected chi connectivity index (χ2v) is 4.28. The van der Waals surface area contributed by atoms with Crippen molar-refractivity contribution in [3.63, 3.8) is 0 Å². The molecular weight excluding hydrogens is 222 g/mol. The molecule has 0 aromatic heterocycles. The van der Waals surface area contributed by atoms with E-state index in [1.165, 1.54) is 5.56 Å². The first-order valence-corrected chi connectivity index (χ1v) is 6.18. The van der Waals surface area contributed by atoms with Gasteiger partial charge in [0.05, 0.1) is 6.61 Å². The smallest absolute Gasteiger partial charge is 0.0591 e. The van der Waals surface area contributed by atoms with E-state index in [0.29, 0.717) is 6.04 Å². The zero-order chi connectivity index (χ0) is 11.8. The van der Waals surface area contributed by atoms with Crippen LogP contribution in [0.1, 0.15) is 31.9 Å². The first-order chi connectivity index (χ1) is 7.74. The number of benzene rings is 1. The zero-order valence-corrected chi connectivity index (χ0v) is 10.8. The lowest BCUT2D eigenvalue weighted by atomic mass is 10.1. The van der Waals surface area contributed by atoms with Gasteiger partial charge in [-0.25, -0.2) is 0 Å². The van der Waals surface area contributed by atoms with Crippen LogP contribution in [0.2, 0.25) is 5.02 Å². The SMILES string of the molecule is CCCOCCNC(C)c1ccc(Cl)cc1. The largest absolute Gasteiger partial charge is 0.380 e. The molecule has 0 aliphatic heterocycles. The number of hydrogen-bond acceptors (Lipinski definition) is 2. The Hall–Kier alpha value is -0.570. The van der Waals surface area contributed by atoms with Gasteiger partial charge in [-0.15, -0.1) is 0 Å². The lowest BCUT2D eigenvalue weighted by molar-refractivity contribution is 0.135. The molecule has 1 aromatic rings. The standard InChI is InChI=1S/C13H20ClNO/c1-3-9-16-10-8-15-11(2)12-4-6-13(14)7-5-12/h4-7,11,15H,3,8-10H2,1-2H3. The third kappa shape index (κ3) is 4.97. The number of rotatable bonds is 7. The maximum atomic E-state index is 5.84. The first-order valence-electron chi connectivity index (χ1n) is 5.80. The minimum atomic E-state index is 0.336. The fraction of sp³-hybridized carbons (Fsp3) is 0.538. The molecule has 1 atom stereocenters. The molecule has 3 heteroatoms. The summed E-state index contributed by atoms with van der Waals surface area (Å²) in [5.74, 6) is 0. The van der Waals surface area contributed by atoms with Crippen LogP contribution in [0, 0.1) is 0 Å². The third-order valence-electron chi connectivity index (χ3n) is 2.42. The molecule has 0 heterocycles. The molecule has 1 N–H and O–H groups in total. The topological polar surface area (TPSA) is 21.3 Å². The lowest BCUT2D eigenvalue weighted by Crippen LogP contribution is -2.23. The van der Waals surface area contributed by atoms with E-state index < -0.39 is 0 Å². The maximum Gasteiger partial charge on any atom is 0.0591 e. The molecule has 0 saturated heterocycles. The number of ether oxygens (including phenoxy) is 1. The first kappa shape index (κ1) is 13.5. The predicted molar refractivity (Wildman–Crippen MR) is 69.0 cm³/mol. The van der Waals surface area contributed by atoms with Gasteiger partial charge in [-0.05, 0) is 31.0 Å². The van der Waals surface area contributed by atoms with Gasteiger partial charge in [0.15, 0.2) is 0 Å². The van der Waals surface area contributed by atoms with E-state index in [4.69, 9.17) is 16.3 Å². The van der Waals surface area contributed by atoms with Crippen LogP contribution in [0.5, 0.6) is 0 Å². The molecule has 0 spiro atoms. The van der Waals surface area contributed by atoms with Gasteiger partial charge in [0.1, 0.15) is 0 Å². The van der Waals surface area contributed by atoms with E-state index in [1.807, 2.05) is 24.3 Å². The van der Waals surface area contributed by atoms with E-state index in [0.717, 1.165) is 31.2 Å². The number of nitrogens with one attached hydrogen (secondary N) is 1. The Labute approximate surface area is 103 Å². The Bertz CT molecular complexity index is 286. The van der Waals surface area contributed by atoms with Gasteiger partial charge >= 0.3 is 0 Å². The zero-order valence-electron chi connectivity index (χ0n) is 10.0. The van der Waals surface area contributed by atoms with Crippen LogP contribution in [0.3, 0.4) is 0 Å². The third-order valence-corrected chi connectivity index (χ3v) is 2.67. The van der Waals surface area contributed by atoms with E-state index >= 15 is 0 Å². The molecule has 0 saturated carbocycles. The van der Waals surface area contributed by atoms with Gasteiger partial charge < -0.3 is 10.1 Å². The fourth-order valence-electron chi connectivity index (χ4n) is 1.46. The molecule has 90 valence electrons. The summed E-state index contributed by atoms with van der Waals surface area (Å²) in [6.07, 6.45) is 1.08. The summed E-state index contributed by atoms with van der Waals surface area (Å²) in [6.45, 7) is 6.75. The molecule has 1 aromatic carbocycles. The van der Waals surface area contributed by atoms with Gasteiger partial charge in [0, 0.05) is 24.2 Å². The van der Waals surface area contributed by atoms with Gasteiger partial charge in [-0.2, -0.15) is 0 Å². The second-order valence-electron chi connectivity index (χ2n) is 3.84. The van der Waals surface area contributed by atoms with Crippen LogP contribution in [-0.4, -0.2) is 19.8 Å². The second kappa shape index (κ2) is 7.66. The van der Waals surface area contributed by atoms with Crippen molar-refractivity contribution in [2.75, 3.05) is 19.8 Å². The van der Waals surface area contributed by atoms with Crippen LogP contribution < -0.4 is 5.32 Å². The highest BCUT2D eigenvalue weighted by molar-refractivity contribution is 6.30. The quantitative estimate of drug-likeness (QED) is 0.739. The summed E-state index contributed by atoms with van der Waals surface area (Å²) >= 11 is 5.84. The molecule has 0 amide bonds. The summed E-state index contributed by atoms with van der Waals surface area (Å²) in [6, 6.07) is 8.27. The number of hydrogen-bond donors (Lipinski definition) is 1.